The molecule has 4 N–H and O–H groups in total. The first-order valence-electron chi connectivity index (χ1n) is 6.75. The van der Waals surface area contributed by atoms with Crippen LogP contribution in [0.1, 0.15) is 17.8 Å². The molecular weight excluding hydrogens is 290 g/mol. The molecule has 0 unspecified atom stereocenters. The highest BCUT2D eigenvalue weighted by Crippen LogP contribution is 2.11. The maximum atomic E-state index is 12.1. The molecule has 0 amide bonds. The molecule has 0 fully saturated rings. The van der Waals surface area contributed by atoms with Crippen LogP contribution in [0.2, 0.25) is 0 Å². The molecule has 0 atom stereocenters. The molecule has 1 aromatic heterocycles. The summed E-state index contributed by atoms with van der Waals surface area (Å²) < 4.78 is 26.8. The maximum Gasteiger partial charge on any atom is 0.240 e. The topological polar surface area (TPSA) is 114 Å². The van der Waals surface area contributed by atoms with Crippen molar-refractivity contribution in [2.24, 2.45) is 5.73 Å². The van der Waals surface area contributed by atoms with Gasteiger partial charge in [0, 0.05) is 13.0 Å². The van der Waals surface area contributed by atoms with Crippen molar-refractivity contribution in [3.8, 4) is 0 Å². The number of hydrogen-bond donors (Lipinski definition) is 3. The number of aromatic nitrogens is 3. The van der Waals surface area contributed by atoms with E-state index < -0.39 is 10.0 Å². The highest BCUT2D eigenvalue weighted by atomic mass is 32.2. The molecule has 2 aromatic rings. The summed E-state index contributed by atoms with van der Waals surface area (Å²) in [6.07, 6.45) is 3.61. The maximum absolute atomic E-state index is 12.1. The summed E-state index contributed by atoms with van der Waals surface area (Å²) in [5, 5.41) is 6.39. The number of H-pyrrole nitrogens is 1. The van der Waals surface area contributed by atoms with Crippen LogP contribution in [0.25, 0.3) is 0 Å². The van der Waals surface area contributed by atoms with Crippen LogP contribution in [0.5, 0.6) is 0 Å². The zero-order valence-electron chi connectivity index (χ0n) is 11.6. The highest BCUT2D eigenvalue weighted by molar-refractivity contribution is 7.89. The second kappa shape index (κ2) is 7.30. The van der Waals surface area contributed by atoms with Gasteiger partial charge in [-0.3, -0.25) is 5.10 Å². The van der Waals surface area contributed by atoms with E-state index in [1.54, 1.807) is 12.1 Å². The predicted molar refractivity (Wildman–Crippen MR) is 79.1 cm³/mol. The Morgan fingerprint density at radius 2 is 1.95 bits per heavy atom. The van der Waals surface area contributed by atoms with Crippen molar-refractivity contribution in [3.05, 3.63) is 42.0 Å². The van der Waals surface area contributed by atoms with Crippen molar-refractivity contribution in [1.82, 2.24) is 19.9 Å². The highest BCUT2D eigenvalue weighted by Gasteiger charge is 2.13. The van der Waals surface area contributed by atoms with Crippen molar-refractivity contribution >= 4 is 10.0 Å². The van der Waals surface area contributed by atoms with Crippen molar-refractivity contribution in [2.75, 3.05) is 13.1 Å². The number of sulfonamides is 1. The van der Waals surface area contributed by atoms with E-state index in [4.69, 9.17) is 5.73 Å². The van der Waals surface area contributed by atoms with Gasteiger partial charge in [-0.15, -0.1) is 0 Å². The van der Waals surface area contributed by atoms with E-state index in [1.165, 1.54) is 6.33 Å². The first-order valence-corrected chi connectivity index (χ1v) is 8.23. The van der Waals surface area contributed by atoms with Crippen LogP contribution in [0.4, 0.5) is 0 Å². The van der Waals surface area contributed by atoms with E-state index >= 15 is 0 Å². The number of aryl methyl sites for hydroxylation is 1. The molecular formula is C13H19N5O2S. The Labute approximate surface area is 124 Å². The van der Waals surface area contributed by atoms with Crippen molar-refractivity contribution in [1.29, 1.82) is 0 Å². The van der Waals surface area contributed by atoms with E-state index in [2.05, 4.69) is 19.9 Å². The number of hydrogen-bond acceptors (Lipinski definition) is 5. The third-order valence-corrected chi connectivity index (χ3v) is 4.50. The molecule has 0 saturated carbocycles. The van der Waals surface area contributed by atoms with Crippen molar-refractivity contribution in [2.45, 2.75) is 24.2 Å². The number of aromatic amines is 1. The number of nitrogens with two attached hydrogens (primary N) is 1. The zero-order chi connectivity index (χ0) is 15.1. The van der Waals surface area contributed by atoms with Gasteiger partial charge in [0.2, 0.25) is 10.0 Å². The van der Waals surface area contributed by atoms with Gasteiger partial charge in [0.1, 0.15) is 12.2 Å². The molecule has 2 rings (SSSR count). The summed E-state index contributed by atoms with van der Waals surface area (Å²) in [4.78, 5) is 4.20. The monoisotopic (exact) mass is 309 g/mol. The summed E-state index contributed by atoms with van der Waals surface area (Å²) in [5.74, 6) is 0.648. The summed E-state index contributed by atoms with van der Waals surface area (Å²) in [5.41, 5.74) is 6.54. The zero-order valence-corrected chi connectivity index (χ0v) is 12.4. The third kappa shape index (κ3) is 4.62. The molecule has 0 radical (unpaired) electrons. The van der Waals surface area contributed by atoms with Gasteiger partial charge in [-0.05, 0) is 37.1 Å². The molecule has 1 heterocycles. The van der Waals surface area contributed by atoms with Gasteiger partial charge in [0.05, 0.1) is 4.90 Å². The SMILES string of the molecule is NCCCc1ccc(S(=O)(=O)NCCc2ncn[nH]2)cc1. The fourth-order valence-corrected chi connectivity index (χ4v) is 2.91. The fourth-order valence-electron chi connectivity index (χ4n) is 1.88. The van der Waals surface area contributed by atoms with Crippen LogP contribution < -0.4 is 10.5 Å². The minimum absolute atomic E-state index is 0.261. The van der Waals surface area contributed by atoms with Crippen LogP contribution in [0, 0.1) is 0 Å². The molecule has 0 saturated heterocycles. The second-order valence-electron chi connectivity index (χ2n) is 4.62. The average molecular weight is 309 g/mol. The standard InChI is InChI=1S/C13H19N5O2S/c14-8-1-2-11-3-5-12(6-4-11)21(19,20)17-9-7-13-15-10-16-18-13/h3-6,10,17H,1-2,7-9,14H2,(H,15,16,18). The summed E-state index contributed by atoms with van der Waals surface area (Å²) >= 11 is 0. The van der Waals surface area contributed by atoms with Crippen LogP contribution >= 0.6 is 0 Å². The Morgan fingerprint density at radius 1 is 1.19 bits per heavy atom. The largest absolute Gasteiger partial charge is 0.330 e. The summed E-state index contributed by atoms with van der Waals surface area (Å²) in [6, 6.07) is 6.87. The lowest BCUT2D eigenvalue weighted by molar-refractivity contribution is 0.581. The van der Waals surface area contributed by atoms with Gasteiger partial charge < -0.3 is 5.73 Å². The normalized spacial score (nSPS) is 11.7. The van der Waals surface area contributed by atoms with Crippen molar-refractivity contribution < 1.29 is 8.42 Å². The van der Waals surface area contributed by atoms with Gasteiger partial charge in [-0.1, -0.05) is 12.1 Å². The molecule has 114 valence electrons. The molecule has 21 heavy (non-hydrogen) atoms. The van der Waals surface area contributed by atoms with Gasteiger partial charge in [-0.2, -0.15) is 5.10 Å². The van der Waals surface area contributed by atoms with Crippen LogP contribution in [-0.4, -0.2) is 36.7 Å². The Hall–Kier alpha value is -1.77. The first kappa shape index (κ1) is 15.6. The predicted octanol–water partition coefficient (Wildman–Crippen LogP) is 0.217. The minimum atomic E-state index is -3.49. The lowest BCUT2D eigenvalue weighted by Gasteiger charge is -2.07. The molecule has 0 aliphatic heterocycles. The number of benzene rings is 1. The van der Waals surface area contributed by atoms with E-state index in [0.717, 1.165) is 18.4 Å². The van der Waals surface area contributed by atoms with E-state index in [9.17, 15) is 8.42 Å². The second-order valence-corrected chi connectivity index (χ2v) is 6.38. The molecule has 0 aliphatic rings. The first-order chi connectivity index (χ1) is 10.1. The molecule has 0 bridgehead atoms. The Kier molecular flexibility index (Phi) is 5.43. The molecule has 8 heteroatoms. The molecule has 7 nitrogen and oxygen atoms in total. The molecule has 0 aliphatic carbocycles. The van der Waals surface area contributed by atoms with Gasteiger partial charge >= 0.3 is 0 Å². The fraction of sp³-hybridized carbons (Fsp3) is 0.385. The van der Waals surface area contributed by atoms with Crippen LogP contribution in [0.3, 0.4) is 0 Å². The summed E-state index contributed by atoms with van der Waals surface area (Å²) in [6.45, 7) is 0.899. The van der Waals surface area contributed by atoms with Crippen molar-refractivity contribution in [3.63, 3.8) is 0 Å². The van der Waals surface area contributed by atoms with Gasteiger partial charge in [0.15, 0.2) is 0 Å². The lowest BCUT2D eigenvalue weighted by atomic mass is 10.1. The lowest BCUT2D eigenvalue weighted by Crippen LogP contribution is -2.26. The smallest absolute Gasteiger partial charge is 0.240 e. The van der Waals surface area contributed by atoms with Gasteiger partial charge in [-0.25, -0.2) is 18.1 Å². The Bertz CT molecular complexity index is 638. The van der Waals surface area contributed by atoms with E-state index in [1.807, 2.05) is 12.1 Å². The molecule has 1 aromatic carbocycles. The summed E-state index contributed by atoms with van der Waals surface area (Å²) in [7, 11) is -3.49. The quantitative estimate of drug-likeness (QED) is 0.645. The average Bonchev–Trinajstić information content (AvgIpc) is 2.98. The minimum Gasteiger partial charge on any atom is -0.330 e. The number of rotatable bonds is 8. The van der Waals surface area contributed by atoms with Crippen LogP contribution in [0.15, 0.2) is 35.5 Å². The number of nitrogens with zero attached hydrogens (tertiary/aromatic N) is 2. The van der Waals surface area contributed by atoms with E-state index in [0.29, 0.717) is 18.8 Å². The van der Waals surface area contributed by atoms with E-state index in [-0.39, 0.29) is 11.4 Å². The molecule has 0 spiro atoms. The Balaban J connectivity index is 1.92. The Morgan fingerprint density at radius 3 is 2.57 bits per heavy atom. The van der Waals surface area contributed by atoms with Gasteiger partial charge in [0.25, 0.3) is 0 Å². The third-order valence-electron chi connectivity index (χ3n) is 3.02. The van der Waals surface area contributed by atoms with Crippen LogP contribution in [-0.2, 0) is 22.9 Å². The number of nitrogens with one attached hydrogen (secondary N) is 2.